The quantitative estimate of drug-likeness (QED) is 0.730. The van der Waals surface area contributed by atoms with Gasteiger partial charge in [0.15, 0.2) is 0 Å². The van der Waals surface area contributed by atoms with Gasteiger partial charge >= 0.3 is 0 Å². The lowest BCUT2D eigenvalue weighted by atomic mass is 9.96. The molecule has 7 nitrogen and oxygen atoms in total. The van der Waals surface area contributed by atoms with Gasteiger partial charge in [-0.25, -0.2) is 0 Å². The number of amides is 1. The second kappa shape index (κ2) is 11.7. The van der Waals surface area contributed by atoms with Crippen molar-refractivity contribution in [3.8, 4) is 0 Å². The number of aromatic nitrogens is 3. The summed E-state index contributed by atoms with van der Waals surface area (Å²) in [5.74, 6) is 0.859. The molecule has 4 rings (SSSR count). The highest BCUT2D eigenvalue weighted by atomic mass is 35.5. The number of nitrogens with one attached hydrogen (secondary N) is 1. The van der Waals surface area contributed by atoms with Crippen LogP contribution in [0.1, 0.15) is 41.6 Å². The summed E-state index contributed by atoms with van der Waals surface area (Å²) in [6, 6.07) is 3.85. The Morgan fingerprint density at radius 1 is 1.13 bits per heavy atom. The maximum atomic E-state index is 13.2. The van der Waals surface area contributed by atoms with Crippen molar-refractivity contribution in [2.45, 2.75) is 45.7 Å². The van der Waals surface area contributed by atoms with Crippen LogP contribution in [0.25, 0.3) is 0 Å². The van der Waals surface area contributed by atoms with Gasteiger partial charge in [0.25, 0.3) is 11.5 Å². The van der Waals surface area contributed by atoms with E-state index in [1.54, 1.807) is 10.8 Å². The molecule has 2 aliphatic rings. The Labute approximate surface area is 196 Å². The summed E-state index contributed by atoms with van der Waals surface area (Å²) in [5.41, 5.74) is 0.984. The molecule has 0 spiro atoms. The van der Waals surface area contributed by atoms with E-state index in [-0.39, 0.29) is 36.3 Å². The summed E-state index contributed by atoms with van der Waals surface area (Å²) in [6.07, 6.45) is 9.78. The lowest BCUT2D eigenvalue weighted by molar-refractivity contribution is 0.0677. The van der Waals surface area contributed by atoms with Crippen LogP contribution < -0.4 is 10.9 Å². The molecule has 0 bridgehead atoms. The van der Waals surface area contributed by atoms with Gasteiger partial charge in [0.05, 0.1) is 0 Å². The number of pyridine rings is 1. The maximum absolute atomic E-state index is 13.2. The van der Waals surface area contributed by atoms with Gasteiger partial charge in [0.1, 0.15) is 5.56 Å². The number of hydrogen-bond donors (Lipinski definition) is 1. The average Bonchev–Trinajstić information content (AvgIpc) is 3.24. The van der Waals surface area contributed by atoms with Crippen LogP contribution in [0.15, 0.2) is 35.5 Å². The molecule has 2 fully saturated rings. The summed E-state index contributed by atoms with van der Waals surface area (Å²) in [6.45, 7) is 6.83. The Balaban J connectivity index is 0.00000171. The van der Waals surface area contributed by atoms with E-state index >= 15 is 0 Å². The zero-order chi connectivity index (χ0) is 20.2. The van der Waals surface area contributed by atoms with Crippen LogP contribution in [0.4, 0.5) is 0 Å². The fourth-order valence-corrected chi connectivity index (χ4v) is 4.58. The van der Waals surface area contributed by atoms with Gasteiger partial charge < -0.3 is 14.8 Å². The summed E-state index contributed by atoms with van der Waals surface area (Å²) >= 11 is 0. The van der Waals surface area contributed by atoms with E-state index < -0.39 is 0 Å². The molecule has 0 aliphatic carbocycles. The standard InChI is InChI=1S/C22H31N5O2.2ClH/c1-17-5-11-26(15-19-4-2-8-23-14-19)22(29)20(17)21(28)25-12-6-18(7-13-25)16-27-10-3-9-24-27;;/h3,5,9-11,18-19,23H,2,4,6-8,12-16H2,1H3;2*1H. The first-order chi connectivity index (χ1) is 14.1. The van der Waals surface area contributed by atoms with Crippen LogP contribution in [0.5, 0.6) is 0 Å². The van der Waals surface area contributed by atoms with Crippen molar-refractivity contribution < 1.29 is 4.79 Å². The Morgan fingerprint density at radius 3 is 2.55 bits per heavy atom. The molecule has 0 aromatic carbocycles. The summed E-state index contributed by atoms with van der Waals surface area (Å²) < 4.78 is 3.70. The van der Waals surface area contributed by atoms with E-state index in [4.69, 9.17) is 0 Å². The minimum atomic E-state index is -0.140. The number of carbonyl (C=O) groups is 1. The Kier molecular flexibility index (Phi) is 9.59. The first-order valence-corrected chi connectivity index (χ1v) is 10.8. The maximum Gasteiger partial charge on any atom is 0.263 e. The highest BCUT2D eigenvalue weighted by molar-refractivity contribution is 5.95. The number of likely N-dealkylation sites (tertiary alicyclic amines) is 1. The van der Waals surface area contributed by atoms with Crippen LogP contribution >= 0.6 is 24.8 Å². The molecule has 172 valence electrons. The smallest absolute Gasteiger partial charge is 0.263 e. The van der Waals surface area contributed by atoms with Crippen molar-refractivity contribution >= 4 is 30.7 Å². The van der Waals surface area contributed by atoms with Gasteiger partial charge in [-0.2, -0.15) is 5.10 Å². The molecule has 4 heterocycles. The normalized spacial score (nSPS) is 19.4. The van der Waals surface area contributed by atoms with Crippen molar-refractivity contribution in [3.05, 3.63) is 52.2 Å². The number of hydrogen-bond acceptors (Lipinski definition) is 4. The lowest BCUT2D eigenvalue weighted by Gasteiger charge is -2.32. The van der Waals surface area contributed by atoms with Gasteiger partial charge in [-0.3, -0.25) is 14.3 Å². The Bertz CT molecular complexity index is 886. The largest absolute Gasteiger partial charge is 0.338 e. The zero-order valence-electron chi connectivity index (χ0n) is 18.0. The summed E-state index contributed by atoms with van der Waals surface area (Å²) in [5, 5.41) is 7.68. The monoisotopic (exact) mass is 469 g/mol. The molecule has 2 aromatic heterocycles. The molecule has 31 heavy (non-hydrogen) atoms. The molecule has 1 unspecified atom stereocenters. The van der Waals surface area contributed by atoms with Crippen molar-refractivity contribution in [1.82, 2.24) is 24.6 Å². The molecule has 2 aromatic rings. The van der Waals surface area contributed by atoms with Gasteiger partial charge in [0.2, 0.25) is 0 Å². The van der Waals surface area contributed by atoms with Crippen LogP contribution in [0.2, 0.25) is 0 Å². The molecule has 0 saturated carbocycles. The third kappa shape index (κ3) is 6.11. The van der Waals surface area contributed by atoms with Crippen LogP contribution in [-0.4, -0.2) is 51.3 Å². The number of carbonyl (C=O) groups excluding carboxylic acids is 1. The van der Waals surface area contributed by atoms with Crippen molar-refractivity contribution in [1.29, 1.82) is 0 Å². The van der Waals surface area contributed by atoms with Crippen LogP contribution in [-0.2, 0) is 13.1 Å². The fraction of sp³-hybridized carbons (Fsp3) is 0.591. The minimum Gasteiger partial charge on any atom is -0.338 e. The highest BCUT2D eigenvalue weighted by Crippen LogP contribution is 2.21. The van der Waals surface area contributed by atoms with E-state index in [1.807, 2.05) is 41.0 Å². The second-order valence-electron chi connectivity index (χ2n) is 8.51. The molecule has 0 radical (unpaired) electrons. The summed E-state index contributed by atoms with van der Waals surface area (Å²) in [7, 11) is 0. The highest BCUT2D eigenvalue weighted by Gasteiger charge is 2.27. The van der Waals surface area contributed by atoms with Crippen molar-refractivity contribution in [2.75, 3.05) is 26.2 Å². The van der Waals surface area contributed by atoms with Crippen LogP contribution in [0, 0.1) is 18.8 Å². The molecule has 2 saturated heterocycles. The first-order valence-electron chi connectivity index (χ1n) is 10.8. The first kappa shape index (κ1) is 25.4. The van der Waals surface area contributed by atoms with Gasteiger partial charge in [-0.05, 0) is 75.2 Å². The van der Waals surface area contributed by atoms with Gasteiger partial charge in [-0.15, -0.1) is 24.8 Å². The molecule has 1 N–H and O–H groups in total. The molecular formula is C22H33Cl2N5O2. The minimum absolute atomic E-state index is 0. The fourth-order valence-electron chi connectivity index (χ4n) is 4.58. The number of piperidine rings is 2. The molecule has 1 amide bonds. The molecule has 9 heteroatoms. The predicted molar refractivity (Wildman–Crippen MR) is 126 cm³/mol. The van der Waals surface area contributed by atoms with E-state index in [0.717, 1.165) is 50.9 Å². The topological polar surface area (TPSA) is 72.2 Å². The van der Waals surface area contributed by atoms with Crippen LogP contribution in [0.3, 0.4) is 0 Å². The Hall–Kier alpha value is -1.83. The Morgan fingerprint density at radius 2 is 1.90 bits per heavy atom. The number of aryl methyl sites for hydroxylation is 1. The number of rotatable bonds is 5. The SMILES string of the molecule is Cc1ccn(CC2CCCNC2)c(=O)c1C(=O)N1CCC(Cn2cccn2)CC1.Cl.Cl. The van der Waals surface area contributed by atoms with Gasteiger partial charge in [0, 0.05) is 44.8 Å². The predicted octanol–water partition coefficient (Wildman–Crippen LogP) is 2.75. The average molecular weight is 470 g/mol. The molecule has 1 atom stereocenters. The summed E-state index contributed by atoms with van der Waals surface area (Å²) in [4.78, 5) is 28.2. The second-order valence-corrected chi connectivity index (χ2v) is 8.51. The molecule has 2 aliphatic heterocycles. The van der Waals surface area contributed by atoms with Gasteiger partial charge in [-0.1, -0.05) is 0 Å². The van der Waals surface area contributed by atoms with E-state index in [9.17, 15) is 9.59 Å². The third-order valence-corrected chi connectivity index (χ3v) is 6.35. The van der Waals surface area contributed by atoms with Crippen molar-refractivity contribution in [2.24, 2.45) is 11.8 Å². The van der Waals surface area contributed by atoms with Crippen molar-refractivity contribution in [3.63, 3.8) is 0 Å². The lowest BCUT2D eigenvalue weighted by Crippen LogP contribution is -2.43. The number of halogens is 2. The van der Waals surface area contributed by atoms with E-state index in [0.29, 0.717) is 37.0 Å². The number of nitrogens with zero attached hydrogens (tertiary/aromatic N) is 4. The van der Waals surface area contributed by atoms with E-state index in [1.165, 1.54) is 0 Å². The molecular weight excluding hydrogens is 437 g/mol. The zero-order valence-corrected chi connectivity index (χ0v) is 19.7. The van der Waals surface area contributed by atoms with E-state index in [2.05, 4.69) is 10.4 Å². The third-order valence-electron chi connectivity index (χ3n) is 6.35.